The van der Waals surface area contributed by atoms with Gasteiger partial charge in [-0.3, -0.25) is 9.78 Å². The number of rotatable bonds is 4. The Hall–Kier alpha value is -1.90. The van der Waals surface area contributed by atoms with Crippen molar-refractivity contribution in [1.29, 1.82) is 0 Å². The second-order valence-corrected chi connectivity index (χ2v) is 3.79. The molecule has 0 aliphatic carbocycles. The van der Waals surface area contributed by atoms with Crippen molar-refractivity contribution in [2.45, 2.75) is 19.8 Å². The Labute approximate surface area is 100 Å². The van der Waals surface area contributed by atoms with Crippen molar-refractivity contribution in [1.82, 2.24) is 4.98 Å². The summed E-state index contributed by atoms with van der Waals surface area (Å²) in [6.45, 7) is 2.26. The average molecular weight is 229 g/mol. The SMILES string of the molecule is CCOC(=O)CCc1ccnc2ccccc12. The number of hydrogen-bond donors (Lipinski definition) is 0. The number of aryl methyl sites for hydroxylation is 1. The van der Waals surface area contributed by atoms with E-state index in [2.05, 4.69) is 4.98 Å². The first-order valence-corrected chi connectivity index (χ1v) is 5.79. The van der Waals surface area contributed by atoms with E-state index in [0.29, 0.717) is 19.4 Å². The van der Waals surface area contributed by atoms with Crippen LogP contribution < -0.4 is 0 Å². The molecule has 1 heterocycles. The molecule has 1 aromatic heterocycles. The Morgan fingerprint density at radius 3 is 2.94 bits per heavy atom. The standard InChI is InChI=1S/C14H15NO2/c1-2-17-14(16)8-7-11-9-10-15-13-6-4-3-5-12(11)13/h3-6,9-10H,2,7-8H2,1H3. The third-order valence-corrected chi connectivity index (χ3v) is 2.64. The molecule has 0 bridgehead atoms. The van der Waals surface area contributed by atoms with Gasteiger partial charge in [0.2, 0.25) is 0 Å². The summed E-state index contributed by atoms with van der Waals surface area (Å²) in [6.07, 6.45) is 2.90. The van der Waals surface area contributed by atoms with Crippen LogP contribution >= 0.6 is 0 Å². The molecular formula is C14H15NO2. The summed E-state index contributed by atoms with van der Waals surface area (Å²) in [6, 6.07) is 9.91. The fourth-order valence-corrected chi connectivity index (χ4v) is 1.84. The van der Waals surface area contributed by atoms with Crippen LogP contribution in [0.25, 0.3) is 10.9 Å². The number of ether oxygens (including phenoxy) is 1. The maximum absolute atomic E-state index is 11.3. The molecule has 3 nitrogen and oxygen atoms in total. The topological polar surface area (TPSA) is 39.2 Å². The van der Waals surface area contributed by atoms with Crippen LogP contribution in [0, 0.1) is 0 Å². The highest BCUT2D eigenvalue weighted by Crippen LogP contribution is 2.17. The Morgan fingerprint density at radius 2 is 2.12 bits per heavy atom. The lowest BCUT2D eigenvalue weighted by atomic mass is 10.0. The van der Waals surface area contributed by atoms with Gasteiger partial charge in [0.1, 0.15) is 0 Å². The number of aromatic nitrogens is 1. The van der Waals surface area contributed by atoms with Crippen LogP contribution in [0.3, 0.4) is 0 Å². The maximum atomic E-state index is 11.3. The number of carbonyl (C=O) groups is 1. The van der Waals surface area contributed by atoms with Crippen LogP contribution in [0.15, 0.2) is 36.5 Å². The third kappa shape index (κ3) is 2.81. The van der Waals surface area contributed by atoms with Crippen molar-refractivity contribution in [3.63, 3.8) is 0 Å². The summed E-state index contributed by atoms with van der Waals surface area (Å²) in [4.78, 5) is 15.6. The van der Waals surface area contributed by atoms with Crippen LogP contribution in [0.1, 0.15) is 18.9 Å². The summed E-state index contributed by atoms with van der Waals surface area (Å²) in [5.74, 6) is -0.145. The van der Waals surface area contributed by atoms with E-state index in [1.54, 1.807) is 6.20 Å². The number of esters is 1. The number of carbonyl (C=O) groups excluding carboxylic acids is 1. The summed E-state index contributed by atoms with van der Waals surface area (Å²) in [7, 11) is 0. The second kappa shape index (κ2) is 5.43. The van der Waals surface area contributed by atoms with Crippen molar-refractivity contribution in [3.8, 4) is 0 Å². The summed E-state index contributed by atoms with van der Waals surface area (Å²) >= 11 is 0. The Bertz CT molecular complexity index is 517. The smallest absolute Gasteiger partial charge is 0.306 e. The Morgan fingerprint density at radius 1 is 1.29 bits per heavy atom. The molecule has 0 radical (unpaired) electrons. The second-order valence-electron chi connectivity index (χ2n) is 3.79. The number of fused-ring (bicyclic) bond motifs is 1. The predicted molar refractivity (Wildman–Crippen MR) is 66.7 cm³/mol. The molecule has 0 saturated heterocycles. The average Bonchev–Trinajstić information content (AvgIpc) is 2.36. The summed E-state index contributed by atoms with van der Waals surface area (Å²) in [5, 5.41) is 1.11. The van der Waals surface area contributed by atoms with Gasteiger partial charge in [-0.05, 0) is 31.0 Å². The van der Waals surface area contributed by atoms with Gasteiger partial charge in [0, 0.05) is 18.0 Å². The van der Waals surface area contributed by atoms with Gasteiger partial charge < -0.3 is 4.74 Å². The largest absolute Gasteiger partial charge is 0.466 e. The maximum Gasteiger partial charge on any atom is 0.306 e. The molecule has 0 unspecified atom stereocenters. The van der Waals surface area contributed by atoms with E-state index in [1.807, 2.05) is 37.3 Å². The lowest BCUT2D eigenvalue weighted by Gasteiger charge is -2.05. The van der Waals surface area contributed by atoms with Gasteiger partial charge in [-0.15, -0.1) is 0 Å². The molecule has 88 valence electrons. The number of pyridine rings is 1. The zero-order valence-corrected chi connectivity index (χ0v) is 9.85. The minimum atomic E-state index is -0.145. The highest BCUT2D eigenvalue weighted by atomic mass is 16.5. The molecule has 17 heavy (non-hydrogen) atoms. The quantitative estimate of drug-likeness (QED) is 0.757. The van der Waals surface area contributed by atoms with Crippen LogP contribution in [-0.2, 0) is 16.0 Å². The number of nitrogens with zero attached hydrogens (tertiary/aromatic N) is 1. The van der Waals surface area contributed by atoms with Gasteiger partial charge in [0.05, 0.1) is 12.1 Å². The summed E-state index contributed by atoms with van der Waals surface area (Å²) < 4.78 is 4.92. The molecule has 2 aromatic rings. The lowest BCUT2D eigenvalue weighted by molar-refractivity contribution is -0.143. The molecule has 0 spiro atoms. The molecule has 0 aliphatic heterocycles. The van der Waals surface area contributed by atoms with E-state index in [0.717, 1.165) is 16.5 Å². The molecule has 0 fully saturated rings. The monoisotopic (exact) mass is 229 g/mol. The van der Waals surface area contributed by atoms with Gasteiger partial charge in [0.15, 0.2) is 0 Å². The van der Waals surface area contributed by atoms with Crippen molar-refractivity contribution in [3.05, 3.63) is 42.1 Å². The highest BCUT2D eigenvalue weighted by molar-refractivity contribution is 5.82. The molecule has 1 aromatic carbocycles. The first-order valence-electron chi connectivity index (χ1n) is 5.79. The van der Waals surface area contributed by atoms with Gasteiger partial charge in [-0.25, -0.2) is 0 Å². The van der Waals surface area contributed by atoms with Gasteiger partial charge in [-0.2, -0.15) is 0 Å². The molecule has 0 amide bonds. The zero-order valence-electron chi connectivity index (χ0n) is 9.85. The molecule has 0 saturated carbocycles. The van der Waals surface area contributed by atoms with E-state index in [-0.39, 0.29) is 5.97 Å². The Kier molecular flexibility index (Phi) is 3.70. The summed E-state index contributed by atoms with van der Waals surface area (Å²) in [5.41, 5.74) is 2.11. The highest BCUT2D eigenvalue weighted by Gasteiger charge is 2.05. The fourth-order valence-electron chi connectivity index (χ4n) is 1.84. The third-order valence-electron chi connectivity index (χ3n) is 2.64. The number of hydrogen-bond acceptors (Lipinski definition) is 3. The van der Waals surface area contributed by atoms with Gasteiger partial charge >= 0.3 is 5.97 Å². The molecule has 2 rings (SSSR count). The van der Waals surface area contributed by atoms with Crippen molar-refractivity contribution >= 4 is 16.9 Å². The first kappa shape index (κ1) is 11.6. The van der Waals surface area contributed by atoms with Crippen molar-refractivity contribution in [2.24, 2.45) is 0 Å². The van der Waals surface area contributed by atoms with E-state index in [4.69, 9.17) is 4.74 Å². The van der Waals surface area contributed by atoms with Crippen LogP contribution in [0.2, 0.25) is 0 Å². The number of para-hydroxylation sites is 1. The fraction of sp³-hybridized carbons (Fsp3) is 0.286. The van der Waals surface area contributed by atoms with Gasteiger partial charge in [-0.1, -0.05) is 18.2 Å². The molecular weight excluding hydrogens is 214 g/mol. The molecule has 0 atom stereocenters. The molecule has 0 aliphatic rings. The minimum Gasteiger partial charge on any atom is -0.466 e. The van der Waals surface area contributed by atoms with Crippen molar-refractivity contribution < 1.29 is 9.53 Å². The normalized spacial score (nSPS) is 10.4. The van der Waals surface area contributed by atoms with Gasteiger partial charge in [0.25, 0.3) is 0 Å². The van der Waals surface area contributed by atoms with E-state index in [9.17, 15) is 4.79 Å². The minimum absolute atomic E-state index is 0.145. The predicted octanol–water partition coefficient (Wildman–Crippen LogP) is 2.73. The Balaban J connectivity index is 2.16. The van der Waals surface area contributed by atoms with E-state index in [1.165, 1.54) is 0 Å². The van der Waals surface area contributed by atoms with Crippen molar-refractivity contribution in [2.75, 3.05) is 6.61 Å². The first-order chi connectivity index (χ1) is 8.31. The van der Waals surface area contributed by atoms with E-state index >= 15 is 0 Å². The lowest BCUT2D eigenvalue weighted by Crippen LogP contribution is -2.05. The van der Waals surface area contributed by atoms with Crippen LogP contribution in [-0.4, -0.2) is 17.6 Å². The van der Waals surface area contributed by atoms with E-state index < -0.39 is 0 Å². The number of benzene rings is 1. The van der Waals surface area contributed by atoms with Crippen LogP contribution in [0.5, 0.6) is 0 Å². The molecule has 0 N–H and O–H groups in total. The molecule has 3 heteroatoms. The zero-order chi connectivity index (χ0) is 12.1. The van der Waals surface area contributed by atoms with Crippen LogP contribution in [0.4, 0.5) is 0 Å².